The molecule has 6 nitrogen and oxygen atoms in total. The van der Waals surface area contributed by atoms with E-state index < -0.39 is 0 Å². The van der Waals surface area contributed by atoms with Gasteiger partial charge in [-0.05, 0) is 47.5 Å². The van der Waals surface area contributed by atoms with E-state index in [4.69, 9.17) is 32.7 Å². The average molecular weight is 485 g/mol. The third-order valence-electron chi connectivity index (χ3n) is 5.27. The normalized spacial score (nSPS) is 15.6. The molecule has 0 fully saturated rings. The van der Waals surface area contributed by atoms with Crippen LogP contribution in [-0.4, -0.2) is 68.7 Å². The minimum Gasteiger partial charge on any atom is -0.385 e. The van der Waals surface area contributed by atoms with E-state index in [2.05, 4.69) is 0 Å². The summed E-state index contributed by atoms with van der Waals surface area (Å²) in [4.78, 5) is 30.5. The fourth-order valence-electron chi connectivity index (χ4n) is 3.80. The predicted molar refractivity (Wildman–Crippen MR) is 123 cm³/mol. The van der Waals surface area contributed by atoms with Gasteiger partial charge in [-0.25, -0.2) is 0 Å². The quantitative estimate of drug-likeness (QED) is 0.503. The highest BCUT2D eigenvalue weighted by Gasteiger charge is 2.35. The number of halogens is 2. The summed E-state index contributed by atoms with van der Waals surface area (Å²) in [5, 5.41) is 3.10. The van der Waals surface area contributed by atoms with Gasteiger partial charge in [-0.1, -0.05) is 29.3 Å². The molecule has 1 aliphatic heterocycles. The molecule has 2 aromatic rings. The first-order valence-electron chi connectivity index (χ1n) is 10.0. The number of rotatable bonds is 9. The summed E-state index contributed by atoms with van der Waals surface area (Å²) >= 11 is 14.3. The molecule has 0 saturated heterocycles. The second kappa shape index (κ2) is 11.3. The molecule has 31 heavy (non-hydrogen) atoms. The highest BCUT2D eigenvalue weighted by Crippen LogP contribution is 2.41. The molecule has 1 atom stereocenters. The van der Waals surface area contributed by atoms with Crippen molar-refractivity contribution >= 4 is 46.4 Å². The molecule has 2 heterocycles. The van der Waals surface area contributed by atoms with E-state index in [0.29, 0.717) is 36.2 Å². The van der Waals surface area contributed by atoms with Crippen LogP contribution in [0.3, 0.4) is 0 Å². The Morgan fingerprint density at radius 2 is 2.00 bits per heavy atom. The standard InChI is InChI=1S/C22H26Cl2N2O4S/c1-29-10-3-8-25(21(28)14-30-2)13-20(27)26-9-6-19-17(7-11-31-19)22(26)16-5-4-15(23)12-18(16)24/h4-5,7,11-12,22H,3,6,8-10,13-14H2,1-2H3. The first kappa shape index (κ1) is 24.0. The van der Waals surface area contributed by atoms with Gasteiger partial charge in [-0.15, -0.1) is 11.3 Å². The fourth-order valence-corrected chi connectivity index (χ4v) is 5.22. The van der Waals surface area contributed by atoms with E-state index in [9.17, 15) is 9.59 Å². The molecule has 0 N–H and O–H groups in total. The number of ether oxygens (including phenoxy) is 2. The Labute approximate surface area is 196 Å². The molecule has 0 radical (unpaired) electrons. The SMILES string of the molecule is COCCCN(CC(=O)N1CCc2sccc2C1c1ccc(Cl)cc1Cl)C(=O)COC. The average Bonchev–Trinajstić information content (AvgIpc) is 3.22. The van der Waals surface area contributed by atoms with Crippen LogP contribution in [0.15, 0.2) is 29.6 Å². The highest BCUT2D eigenvalue weighted by atomic mass is 35.5. The molecule has 1 unspecified atom stereocenters. The van der Waals surface area contributed by atoms with E-state index in [1.54, 1.807) is 30.6 Å². The summed E-state index contributed by atoms with van der Waals surface area (Å²) in [7, 11) is 3.08. The van der Waals surface area contributed by atoms with Crippen LogP contribution < -0.4 is 0 Å². The van der Waals surface area contributed by atoms with Crippen LogP contribution >= 0.6 is 34.5 Å². The molecular formula is C22H26Cl2N2O4S. The van der Waals surface area contributed by atoms with Crippen LogP contribution in [-0.2, 0) is 25.5 Å². The first-order chi connectivity index (χ1) is 15.0. The number of nitrogens with zero attached hydrogens (tertiary/aromatic N) is 2. The molecule has 168 valence electrons. The van der Waals surface area contributed by atoms with E-state index in [1.165, 1.54) is 16.9 Å². The minimum absolute atomic E-state index is 0.0207. The second-order valence-electron chi connectivity index (χ2n) is 7.30. The number of amides is 2. The minimum atomic E-state index is -0.314. The van der Waals surface area contributed by atoms with Gasteiger partial charge in [0.1, 0.15) is 6.61 Å². The molecular weight excluding hydrogens is 459 g/mol. The van der Waals surface area contributed by atoms with Crippen molar-refractivity contribution in [2.75, 3.05) is 47.1 Å². The lowest BCUT2D eigenvalue weighted by Gasteiger charge is -2.38. The van der Waals surface area contributed by atoms with E-state index >= 15 is 0 Å². The van der Waals surface area contributed by atoms with Crippen LogP contribution in [0.5, 0.6) is 0 Å². The predicted octanol–water partition coefficient (Wildman–Crippen LogP) is 4.04. The van der Waals surface area contributed by atoms with Crippen molar-refractivity contribution in [2.45, 2.75) is 18.9 Å². The molecule has 9 heteroatoms. The maximum atomic E-state index is 13.4. The van der Waals surface area contributed by atoms with Gasteiger partial charge >= 0.3 is 0 Å². The third kappa shape index (κ3) is 5.79. The van der Waals surface area contributed by atoms with Crippen molar-refractivity contribution in [1.82, 2.24) is 9.80 Å². The van der Waals surface area contributed by atoms with Crippen molar-refractivity contribution in [2.24, 2.45) is 0 Å². The lowest BCUT2D eigenvalue weighted by molar-refractivity contribution is -0.143. The van der Waals surface area contributed by atoms with Gasteiger partial charge in [0.2, 0.25) is 11.8 Å². The Morgan fingerprint density at radius 3 is 2.71 bits per heavy atom. The number of benzene rings is 1. The van der Waals surface area contributed by atoms with Crippen LogP contribution in [0, 0.1) is 0 Å². The molecule has 0 aliphatic carbocycles. The van der Waals surface area contributed by atoms with E-state index in [0.717, 1.165) is 17.5 Å². The van der Waals surface area contributed by atoms with Gasteiger partial charge in [0.25, 0.3) is 0 Å². The summed E-state index contributed by atoms with van der Waals surface area (Å²) in [6.07, 6.45) is 1.41. The van der Waals surface area contributed by atoms with Crippen LogP contribution in [0.2, 0.25) is 10.0 Å². The molecule has 3 rings (SSSR count). The summed E-state index contributed by atoms with van der Waals surface area (Å²) in [5.41, 5.74) is 1.90. The Balaban J connectivity index is 1.87. The van der Waals surface area contributed by atoms with Crippen LogP contribution in [0.1, 0.15) is 28.5 Å². The summed E-state index contributed by atoms with van der Waals surface area (Å²) < 4.78 is 10.1. The zero-order valence-electron chi connectivity index (χ0n) is 17.6. The number of hydrogen-bond acceptors (Lipinski definition) is 5. The van der Waals surface area contributed by atoms with Gasteiger partial charge in [0.15, 0.2) is 0 Å². The Morgan fingerprint density at radius 1 is 1.19 bits per heavy atom. The second-order valence-corrected chi connectivity index (χ2v) is 9.14. The Bertz CT molecular complexity index is 921. The maximum absolute atomic E-state index is 13.4. The number of carbonyl (C=O) groups is 2. The molecule has 1 aromatic carbocycles. The zero-order valence-corrected chi connectivity index (χ0v) is 19.9. The summed E-state index contributed by atoms with van der Waals surface area (Å²) in [6.45, 7) is 1.40. The largest absolute Gasteiger partial charge is 0.385 e. The number of fused-ring (bicyclic) bond motifs is 1. The first-order valence-corrected chi connectivity index (χ1v) is 11.7. The monoisotopic (exact) mass is 484 g/mol. The molecule has 2 amide bonds. The van der Waals surface area contributed by atoms with Crippen molar-refractivity contribution in [1.29, 1.82) is 0 Å². The van der Waals surface area contributed by atoms with Crippen molar-refractivity contribution in [3.05, 3.63) is 55.7 Å². The van der Waals surface area contributed by atoms with Gasteiger partial charge in [-0.2, -0.15) is 0 Å². The van der Waals surface area contributed by atoms with Gasteiger partial charge in [0.05, 0.1) is 12.6 Å². The Hall–Kier alpha value is -1.64. The lowest BCUT2D eigenvalue weighted by Crippen LogP contribution is -2.47. The summed E-state index contributed by atoms with van der Waals surface area (Å²) in [6, 6.07) is 7.08. The molecule has 1 aromatic heterocycles. The number of hydrogen-bond donors (Lipinski definition) is 0. The fraction of sp³-hybridized carbons (Fsp3) is 0.455. The smallest absolute Gasteiger partial charge is 0.249 e. The van der Waals surface area contributed by atoms with Crippen molar-refractivity contribution < 1.29 is 19.1 Å². The maximum Gasteiger partial charge on any atom is 0.249 e. The topological polar surface area (TPSA) is 59.1 Å². The van der Waals surface area contributed by atoms with Crippen molar-refractivity contribution in [3.8, 4) is 0 Å². The number of methoxy groups -OCH3 is 2. The van der Waals surface area contributed by atoms with Crippen molar-refractivity contribution in [3.63, 3.8) is 0 Å². The lowest BCUT2D eigenvalue weighted by atomic mass is 9.93. The highest BCUT2D eigenvalue weighted by molar-refractivity contribution is 7.10. The third-order valence-corrected chi connectivity index (χ3v) is 6.83. The van der Waals surface area contributed by atoms with Gasteiger partial charge in [0, 0.05) is 48.8 Å². The molecule has 0 spiro atoms. The molecule has 1 aliphatic rings. The van der Waals surface area contributed by atoms with Crippen LogP contribution in [0.4, 0.5) is 0 Å². The zero-order chi connectivity index (χ0) is 22.4. The van der Waals surface area contributed by atoms with Crippen LogP contribution in [0.25, 0.3) is 0 Å². The molecule has 0 saturated carbocycles. The number of carbonyl (C=O) groups excluding carboxylic acids is 2. The summed E-state index contributed by atoms with van der Waals surface area (Å²) in [5.74, 6) is -0.351. The van der Waals surface area contributed by atoms with E-state index in [-0.39, 0.29) is 31.0 Å². The van der Waals surface area contributed by atoms with Gasteiger partial charge in [-0.3, -0.25) is 9.59 Å². The Kier molecular flexibility index (Phi) is 8.75. The number of thiophene rings is 1. The van der Waals surface area contributed by atoms with E-state index in [1.807, 2.05) is 22.4 Å². The van der Waals surface area contributed by atoms with Gasteiger partial charge < -0.3 is 19.3 Å². The molecule has 0 bridgehead atoms.